The van der Waals surface area contributed by atoms with E-state index in [4.69, 9.17) is 33.2 Å². The second kappa shape index (κ2) is 6.44. The maximum atomic E-state index is 11.6. The van der Waals surface area contributed by atoms with Crippen LogP contribution in [0.25, 0.3) is 5.57 Å². The number of esters is 1. The van der Waals surface area contributed by atoms with Crippen LogP contribution in [-0.4, -0.2) is 12.6 Å². The van der Waals surface area contributed by atoms with Crippen LogP contribution in [-0.2, 0) is 9.53 Å². The van der Waals surface area contributed by atoms with Gasteiger partial charge in [0, 0.05) is 10.0 Å². The number of ether oxygens (including phenoxy) is 1. The van der Waals surface area contributed by atoms with Gasteiger partial charge < -0.3 is 4.74 Å². The monoisotopic (exact) mass is 283 g/mol. The van der Waals surface area contributed by atoms with Crippen LogP contribution in [0.2, 0.25) is 10.0 Å². The Labute approximate surface area is 116 Å². The molecule has 0 bridgehead atoms. The van der Waals surface area contributed by atoms with Gasteiger partial charge in [0.25, 0.3) is 0 Å². The van der Waals surface area contributed by atoms with E-state index in [0.717, 1.165) is 0 Å². The number of halogens is 2. The molecule has 0 heterocycles. The molecule has 0 aliphatic rings. The van der Waals surface area contributed by atoms with Crippen molar-refractivity contribution < 1.29 is 9.53 Å². The highest BCUT2D eigenvalue weighted by molar-refractivity contribution is 6.35. The summed E-state index contributed by atoms with van der Waals surface area (Å²) in [6, 6.07) is 6.71. The van der Waals surface area contributed by atoms with Crippen molar-refractivity contribution in [3.63, 3.8) is 0 Å². The lowest BCUT2D eigenvalue weighted by Gasteiger charge is -2.08. The molecule has 1 aromatic carbocycles. The fourth-order valence-corrected chi connectivity index (χ4v) is 1.96. The van der Waals surface area contributed by atoms with Gasteiger partial charge in [-0.1, -0.05) is 29.3 Å². The number of allylic oxidation sites excluding steroid dienone is 1. The first-order valence-corrected chi connectivity index (χ1v) is 6.00. The predicted molar refractivity (Wildman–Crippen MR) is 71.3 cm³/mol. The summed E-state index contributed by atoms with van der Waals surface area (Å²) in [6.07, 6.45) is 0. The number of nitriles is 1. The summed E-state index contributed by atoms with van der Waals surface area (Å²) in [5, 5.41) is 9.90. The Kier molecular flexibility index (Phi) is 5.21. The SMILES string of the molecule is CCOC(=O)/C(C#N)=C(\C)c1ccc(Cl)cc1Cl. The second-order valence-corrected chi connectivity index (χ2v) is 4.30. The van der Waals surface area contributed by atoms with Gasteiger partial charge in [-0.25, -0.2) is 4.79 Å². The van der Waals surface area contributed by atoms with Gasteiger partial charge in [-0.05, 0) is 37.1 Å². The van der Waals surface area contributed by atoms with Crippen molar-refractivity contribution in [1.82, 2.24) is 0 Å². The zero-order valence-electron chi connectivity index (χ0n) is 9.96. The molecule has 0 amide bonds. The van der Waals surface area contributed by atoms with E-state index in [1.807, 2.05) is 6.07 Å². The van der Waals surface area contributed by atoms with Crippen LogP contribution in [0.3, 0.4) is 0 Å². The number of benzene rings is 1. The molecule has 0 saturated carbocycles. The lowest BCUT2D eigenvalue weighted by Crippen LogP contribution is -2.08. The van der Waals surface area contributed by atoms with Gasteiger partial charge in [0.2, 0.25) is 0 Å². The molecule has 1 rings (SSSR count). The highest BCUT2D eigenvalue weighted by Gasteiger charge is 2.16. The van der Waals surface area contributed by atoms with E-state index < -0.39 is 5.97 Å². The molecule has 5 heteroatoms. The average molecular weight is 284 g/mol. The quantitative estimate of drug-likeness (QED) is 0.481. The van der Waals surface area contributed by atoms with E-state index in [1.54, 1.807) is 32.0 Å². The molecule has 0 fully saturated rings. The van der Waals surface area contributed by atoms with Crippen molar-refractivity contribution in [3.8, 4) is 6.07 Å². The minimum atomic E-state index is -0.650. The van der Waals surface area contributed by atoms with Crippen LogP contribution in [0.5, 0.6) is 0 Å². The molecule has 3 nitrogen and oxygen atoms in total. The molecule has 0 radical (unpaired) electrons. The molecule has 0 spiro atoms. The van der Waals surface area contributed by atoms with E-state index >= 15 is 0 Å². The lowest BCUT2D eigenvalue weighted by atomic mass is 10.0. The number of nitrogens with zero attached hydrogens (tertiary/aromatic N) is 1. The van der Waals surface area contributed by atoms with Crippen LogP contribution in [0.4, 0.5) is 0 Å². The molecule has 1 aromatic rings. The van der Waals surface area contributed by atoms with Crippen LogP contribution >= 0.6 is 23.2 Å². The smallest absolute Gasteiger partial charge is 0.349 e. The molecular weight excluding hydrogens is 273 g/mol. The Morgan fingerprint density at radius 2 is 2.11 bits per heavy atom. The van der Waals surface area contributed by atoms with E-state index in [1.165, 1.54) is 0 Å². The summed E-state index contributed by atoms with van der Waals surface area (Å²) in [5.41, 5.74) is 1.00. The van der Waals surface area contributed by atoms with Crippen molar-refractivity contribution in [2.45, 2.75) is 13.8 Å². The summed E-state index contributed by atoms with van der Waals surface area (Å²) in [7, 11) is 0. The summed E-state index contributed by atoms with van der Waals surface area (Å²) >= 11 is 11.8. The standard InChI is InChI=1S/C13H11Cl2NO2/c1-3-18-13(17)11(7-16)8(2)10-5-4-9(14)6-12(10)15/h4-6H,3H2,1-2H3/b11-8+. The Balaban J connectivity index is 3.28. The predicted octanol–water partition coefficient (Wildman–Crippen LogP) is 3.85. The highest BCUT2D eigenvalue weighted by Crippen LogP contribution is 2.28. The van der Waals surface area contributed by atoms with Gasteiger partial charge >= 0.3 is 5.97 Å². The third-order valence-electron chi connectivity index (χ3n) is 2.30. The number of carbonyl (C=O) groups excluding carboxylic acids is 1. The van der Waals surface area contributed by atoms with Gasteiger partial charge in [0.1, 0.15) is 11.6 Å². The lowest BCUT2D eigenvalue weighted by molar-refractivity contribution is -0.137. The first-order chi connectivity index (χ1) is 8.51. The second-order valence-electron chi connectivity index (χ2n) is 3.46. The first-order valence-electron chi connectivity index (χ1n) is 5.24. The van der Waals surface area contributed by atoms with Gasteiger partial charge in [0.15, 0.2) is 0 Å². The summed E-state index contributed by atoms with van der Waals surface area (Å²) in [4.78, 5) is 11.6. The van der Waals surface area contributed by atoms with Crippen LogP contribution in [0, 0.1) is 11.3 Å². The average Bonchev–Trinajstić information content (AvgIpc) is 2.29. The largest absolute Gasteiger partial charge is 0.462 e. The van der Waals surface area contributed by atoms with Crippen LogP contribution < -0.4 is 0 Å². The molecule has 0 saturated heterocycles. The van der Waals surface area contributed by atoms with Gasteiger partial charge in [-0.3, -0.25) is 0 Å². The zero-order valence-corrected chi connectivity index (χ0v) is 11.5. The summed E-state index contributed by atoms with van der Waals surface area (Å²) in [5.74, 6) is -0.650. The molecule has 18 heavy (non-hydrogen) atoms. The molecule has 0 N–H and O–H groups in total. The third-order valence-corrected chi connectivity index (χ3v) is 2.85. The minimum absolute atomic E-state index is 0.0546. The highest BCUT2D eigenvalue weighted by atomic mass is 35.5. The fraction of sp³-hybridized carbons (Fsp3) is 0.231. The van der Waals surface area contributed by atoms with E-state index in [2.05, 4.69) is 0 Å². The topological polar surface area (TPSA) is 50.1 Å². The molecule has 0 aliphatic heterocycles. The number of carbonyl (C=O) groups is 1. The van der Waals surface area contributed by atoms with Crippen molar-refractivity contribution in [3.05, 3.63) is 39.4 Å². The molecule has 0 atom stereocenters. The third kappa shape index (κ3) is 3.25. The Morgan fingerprint density at radius 3 is 2.61 bits per heavy atom. The van der Waals surface area contributed by atoms with E-state index in [9.17, 15) is 4.79 Å². The fourth-order valence-electron chi connectivity index (χ4n) is 1.41. The van der Waals surface area contributed by atoms with Crippen molar-refractivity contribution in [2.75, 3.05) is 6.61 Å². The normalized spacial score (nSPS) is 11.5. The Morgan fingerprint density at radius 1 is 1.44 bits per heavy atom. The van der Waals surface area contributed by atoms with Crippen molar-refractivity contribution in [2.24, 2.45) is 0 Å². The van der Waals surface area contributed by atoms with Crippen molar-refractivity contribution >= 4 is 34.7 Å². The van der Waals surface area contributed by atoms with E-state index in [0.29, 0.717) is 21.2 Å². The van der Waals surface area contributed by atoms with Crippen LogP contribution in [0.1, 0.15) is 19.4 Å². The molecule has 94 valence electrons. The van der Waals surface area contributed by atoms with Gasteiger partial charge in [0.05, 0.1) is 6.61 Å². The Bertz CT molecular complexity index is 544. The maximum absolute atomic E-state index is 11.6. The minimum Gasteiger partial charge on any atom is -0.462 e. The molecule has 0 aromatic heterocycles. The Hall–Kier alpha value is -1.50. The number of rotatable bonds is 3. The zero-order chi connectivity index (χ0) is 13.7. The summed E-state index contributed by atoms with van der Waals surface area (Å²) in [6.45, 7) is 3.54. The summed E-state index contributed by atoms with van der Waals surface area (Å²) < 4.78 is 4.81. The van der Waals surface area contributed by atoms with Gasteiger partial charge in [-0.15, -0.1) is 0 Å². The van der Waals surface area contributed by atoms with Crippen molar-refractivity contribution in [1.29, 1.82) is 5.26 Å². The number of hydrogen-bond donors (Lipinski definition) is 0. The first kappa shape index (κ1) is 14.6. The molecular formula is C13H11Cl2NO2. The number of hydrogen-bond acceptors (Lipinski definition) is 3. The molecule has 0 unspecified atom stereocenters. The van der Waals surface area contributed by atoms with Crippen LogP contribution in [0.15, 0.2) is 23.8 Å². The maximum Gasteiger partial charge on any atom is 0.349 e. The van der Waals surface area contributed by atoms with E-state index in [-0.39, 0.29) is 12.2 Å². The molecule has 0 aliphatic carbocycles. The van der Waals surface area contributed by atoms with Gasteiger partial charge in [-0.2, -0.15) is 5.26 Å².